The molecule has 0 spiro atoms. The first-order valence-electron chi connectivity index (χ1n) is 11.5. The topological polar surface area (TPSA) is 148 Å². The lowest BCUT2D eigenvalue weighted by atomic mass is 10.0. The highest BCUT2D eigenvalue weighted by Gasteiger charge is 2.39. The fraction of sp³-hybridized carbons (Fsp3) is 0.292. The molecule has 0 saturated carbocycles. The third kappa shape index (κ3) is 4.06. The molecule has 0 bridgehead atoms. The van der Waals surface area contributed by atoms with Crippen molar-refractivity contribution in [3.05, 3.63) is 69.9 Å². The molecule has 12 nitrogen and oxygen atoms in total. The molecule has 1 unspecified atom stereocenters. The van der Waals surface area contributed by atoms with E-state index >= 15 is 0 Å². The number of aromatic nitrogens is 4. The lowest BCUT2D eigenvalue weighted by molar-refractivity contribution is -0.136. The summed E-state index contributed by atoms with van der Waals surface area (Å²) in [6, 6.07) is 7.54. The SMILES string of the molecule is CC(C)n1cccc(NC(=O)c2cn(-c3ccc4c(c3)C(=O)N(C3CCC(=O)NC3=O)C4)nn2)c1=O. The van der Waals surface area contributed by atoms with Gasteiger partial charge in [-0.3, -0.25) is 29.3 Å². The number of fused-ring (bicyclic) bond motifs is 1. The summed E-state index contributed by atoms with van der Waals surface area (Å²) in [5, 5.41) is 12.8. The maximum Gasteiger partial charge on any atom is 0.278 e. The summed E-state index contributed by atoms with van der Waals surface area (Å²) in [5.74, 6) is -1.73. The Morgan fingerprint density at radius 1 is 1.17 bits per heavy atom. The van der Waals surface area contributed by atoms with Gasteiger partial charge in [0.2, 0.25) is 11.8 Å². The molecule has 12 heteroatoms. The number of hydrogen-bond donors (Lipinski definition) is 2. The van der Waals surface area contributed by atoms with Crippen LogP contribution in [0, 0.1) is 0 Å². The van der Waals surface area contributed by atoms with Gasteiger partial charge in [-0.15, -0.1) is 5.10 Å². The van der Waals surface area contributed by atoms with Crippen molar-refractivity contribution in [1.82, 2.24) is 29.8 Å². The number of amides is 4. The van der Waals surface area contributed by atoms with Crippen LogP contribution in [0.1, 0.15) is 59.1 Å². The quantitative estimate of drug-likeness (QED) is 0.509. The molecule has 2 N–H and O–H groups in total. The van der Waals surface area contributed by atoms with Gasteiger partial charge >= 0.3 is 0 Å². The molecule has 3 aromatic rings. The van der Waals surface area contributed by atoms with Gasteiger partial charge in [0.25, 0.3) is 17.4 Å². The number of pyridine rings is 1. The molecule has 4 heterocycles. The number of hydrogen-bond acceptors (Lipinski definition) is 7. The minimum Gasteiger partial charge on any atom is -0.322 e. The van der Waals surface area contributed by atoms with Crippen molar-refractivity contribution in [2.75, 3.05) is 5.32 Å². The number of imide groups is 1. The molecular formula is C24H23N7O5. The Morgan fingerprint density at radius 2 is 1.97 bits per heavy atom. The molecule has 5 rings (SSSR count). The lowest BCUT2D eigenvalue weighted by Gasteiger charge is -2.29. The minimum atomic E-state index is -0.703. The van der Waals surface area contributed by atoms with Crippen LogP contribution in [0.3, 0.4) is 0 Å². The summed E-state index contributed by atoms with van der Waals surface area (Å²) in [4.78, 5) is 63.5. The van der Waals surface area contributed by atoms with Crippen LogP contribution in [0.5, 0.6) is 0 Å². The highest BCUT2D eigenvalue weighted by molar-refractivity contribution is 6.05. The number of nitrogens with one attached hydrogen (secondary N) is 2. The van der Waals surface area contributed by atoms with Crippen molar-refractivity contribution in [3.63, 3.8) is 0 Å². The summed E-state index contributed by atoms with van der Waals surface area (Å²) in [6.45, 7) is 3.99. The van der Waals surface area contributed by atoms with Crippen molar-refractivity contribution in [2.24, 2.45) is 0 Å². The first-order valence-corrected chi connectivity index (χ1v) is 11.5. The van der Waals surface area contributed by atoms with Crippen molar-refractivity contribution in [2.45, 2.75) is 45.3 Å². The molecule has 1 atom stereocenters. The van der Waals surface area contributed by atoms with E-state index in [1.807, 2.05) is 13.8 Å². The molecule has 4 amide bonds. The number of rotatable bonds is 5. The normalized spacial score (nSPS) is 17.4. The third-order valence-corrected chi connectivity index (χ3v) is 6.28. The summed E-state index contributed by atoms with van der Waals surface area (Å²) < 4.78 is 2.86. The van der Waals surface area contributed by atoms with E-state index in [1.165, 1.54) is 26.4 Å². The molecule has 0 aliphatic carbocycles. The summed E-state index contributed by atoms with van der Waals surface area (Å²) in [5.41, 5.74) is 1.45. The molecule has 1 fully saturated rings. The second-order valence-electron chi connectivity index (χ2n) is 8.97. The Hall–Kier alpha value is -4.61. The van der Waals surface area contributed by atoms with E-state index in [4.69, 9.17) is 0 Å². The predicted molar refractivity (Wildman–Crippen MR) is 126 cm³/mol. The number of anilines is 1. The minimum absolute atomic E-state index is 0.00801. The van der Waals surface area contributed by atoms with Crippen LogP contribution in [-0.4, -0.2) is 54.1 Å². The zero-order valence-electron chi connectivity index (χ0n) is 19.6. The second kappa shape index (κ2) is 8.87. The third-order valence-electron chi connectivity index (χ3n) is 6.28. The summed E-state index contributed by atoms with van der Waals surface area (Å²) in [7, 11) is 0. The molecule has 1 aromatic carbocycles. The number of piperidine rings is 1. The van der Waals surface area contributed by atoms with E-state index in [1.54, 1.807) is 30.5 Å². The Labute approximate surface area is 204 Å². The van der Waals surface area contributed by atoms with E-state index in [0.29, 0.717) is 11.3 Å². The lowest BCUT2D eigenvalue weighted by Crippen LogP contribution is -2.52. The van der Waals surface area contributed by atoms with Crippen LogP contribution < -0.4 is 16.2 Å². The van der Waals surface area contributed by atoms with Gasteiger partial charge < -0.3 is 14.8 Å². The molecule has 2 aliphatic rings. The average molecular weight is 489 g/mol. The van der Waals surface area contributed by atoms with E-state index in [2.05, 4.69) is 20.9 Å². The van der Waals surface area contributed by atoms with Crippen LogP contribution >= 0.6 is 0 Å². The van der Waals surface area contributed by atoms with Gasteiger partial charge in [-0.1, -0.05) is 11.3 Å². The molecule has 0 radical (unpaired) electrons. The largest absolute Gasteiger partial charge is 0.322 e. The van der Waals surface area contributed by atoms with Gasteiger partial charge in [-0.25, -0.2) is 4.68 Å². The fourth-order valence-electron chi connectivity index (χ4n) is 4.38. The van der Waals surface area contributed by atoms with Gasteiger partial charge in [0.05, 0.1) is 11.9 Å². The van der Waals surface area contributed by atoms with Crippen molar-refractivity contribution < 1.29 is 19.2 Å². The van der Waals surface area contributed by atoms with E-state index in [9.17, 15) is 24.0 Å². The standard InChI is InChI=1S/C24H23N7O5/c1-13(2)29-9-3-4-17(24(29)36)25-21(33)18-12-31(28-27-18)15-6-5-14-11-30(23(35)16(14)10-15)19-7-8-20(32)26-22(19)34/h3-6,9-10,12-13,19H,7-8,11H2,1-2H3,(H,25,33)(H,26,32,34). The molecular weight excluding hydrogens is 466 g/mol. The van der Waals surface area contributed by atoms with E-state index in [-0.39, 0.29) is 54.2 Å². The van der Waals surface area contributed by atoms with Crippen LogP contribution in [-0.2, 0) is 16.1 Å². The van der Waals surface area contributed by atoms with Crippen LogP contribution in [0.2, 0.25) is 0 Å². The van der Waals surface area contributed by atoms with Gasteiger partial charge in [-0.2, -0.15) is 0 Å². The molecule has 2 aromatic heterocycles. The Morgan fingerprint density at radius 3 is 2.72 bits per heavy atom. The number of nitrogens with zero attached hydrogens (tertiary/aromatic N) is 5. The van der Waals surface area contributed by atoms with Gasteiger partial charge in [-0.05, 0) is 50.1 Å². The highest BCUT2D eigenvalue weighted by atomic mass is 16.2. The van der Waals surface area contributed by atoms with Gasteiger partial charge in [0.15, 0.2) is 5.69 Å². The van der Waals surface area contributed by atoms with Crippen LogP contribution in [0.4, 0.5) is 5.69 Å². The Balaban J connectivity index is 1.34. The molecule has 36 heavy (non-hydrogen) atoms. The zero-order valence-corrected chi connectivity index (χ0v) is 19.6. The average Bonchev–Trinajstić information content (AvgIpc) is 3.46. The van der Waals surface area contributed by atoms with Crippen molar-refractivity contribution >= 4 is 29.3 Å². The summed E-state index contributed by atoms with van der Waals surface area (Å²) in [6.07, 6.45) is 3.51. The van der Waals surface area contributed by atoms with Crippen LogP contribution in [0.25, 0.3) is 5.69 Å². The monoisotopic (exact) mass is 489 g/mol. The number of carbonyl (C=O) groups is 4. The summed E-state index contributed by atoms with van der Waals surface area (Å²) >= 11 is 0. The molecule has 2 aliphatic heterocycles. The molecule has 184 valence electrons. The Bertz CT molecular complexity index is 1470. The molecule has 1 saturated heterocycles. The first kappa shape index (κ1) is 23.1. The van der Waals surface area contributed by atoms with E-state index < -0.39 is 17.9 Å². The van der Waals surface area contributed by atoms with Crippen molar-refractivity contribution in [3.8, 4) is 5.69 Å². The van der Waals surface area contributed by atoms with Gasteiger partial charge in [0, 0.05) is 30.8 Å². The van der Waals surface area contributed by atoms with Crippen LogP contribution in [0.15, 0.2) is 47.5 Å². The highest BCUT2D eigenvalue weighted by Crippen LogP contribution is 2.29. The maximum atomic E-state index is 13.1. The van der Waals surface area contributed by atoms with Gasteiger partial charge in [0.1, 0.15) is 11.7 Å². The van der Waals surface area contributed by atoms with Crippen molar-refractivity contribution in [1.29, 1.82) is 0 Å². The smallest absolute Gasteiger partial charge is 0.278 e. The number of benzene rings is 1. The zero-order chi connectivity index (χ0) is 25.6. The Kier molecular flexibility index (Phi) is 5.71. The van der Waals surface area contributed by atoms with E-state index in [0.717, 1.165) is 5.56 Å². The second-order valence-corrected chi connectivity index (χ2v) is 8.97. The fourth-order valence-corrected chi connectivity index (χ4v) is 4.38. The maximum absolute atomic E-state index is 13.1. The number of carbonyl (C=O) groups excluding carboxylic acids is 4. The predicted octanol–water partition coefficient (Wildman–Crippen LogP) is 1.02. The first-order chi connectivity index (χ1) is 17.2.